The number of carbonyl (C=O) groups is 1. The molecule has 1 heterocycles. The van der Waals surface area contributed by atoms with Gasteiger partial charge in [-0.25, -0.2) is 9.78 Å². The van der Waals surface area contributed by atoms with Crippen LogP contribution in [0, 0.1) is 6.92 Å². The van der Waals surface area contributed by atoms with Crippen LogP contribution in [-0.4, -0.2) is 29.4 Å². The third-order valence-corrected chi connectivity index (χ3v) is 2.62. The summed E-state index contributed by atoms with van der Waals surface area (Å²) in [6.45, 7) is 1.64. The van der Waals surface area contributed by atoms with Crippen LogP contribution < -0.4 is 4.74 Å². The molecule has 2 rings (SSSR count). The fourth-order valence-corrected chi connectivity index (χ4v) is 1.71. The average Bonchev–Trinajstić information content (AvgIpc) is 2.79. The minimum absolute atomic E-state index is 0.128. The van der Waals surface area contributed by atoms with E-state index in [1.165, 1.54) is 31.4 Å². The lowest BCUT2D eigenvalue weighted by Crippen LogP contribution is -2.16. The second kappa shape index (κ2) is 5.47. The lowest BCUT2D eigenvalue weighted by molar-refractivity contribution is -0.274. The maximum atomic E-state index is 12.1. The van der Waals surface area contributed by atoms with Crippen LogP contribution in [0.3, 0.4) is 0 Å². The molecule has 0 bridgehead atoms. The number of imidazole rings is 1. The number of aromatic amines is 1. The molecule has 2 aromatic rings. The van der Waals surface area contributed by atoms with Gasteiger partial charge in [-0.05, 0) is 31.2 Å². The highest BCUT2D eigenvalue weighted by Gasteiger charge is 2.31. The van der Waals surface area contributed by atoms with Crippen molar-refractivity contribution in [1.29, 1.82) is 0 Å². The number of alkyl halides is 3. The lowest BCUT2D eigenvalue weighted by atomic mass is 10.2. The molecule has 5 nitrogen and oxygen atoms in total. The Morgan fingerprint density at radius 1 is 1.24 bits per heavy atom. The summed E-state index contributed by atoms with van der Waals surface area (Å²) in [5.74, 6) is -0.568. The van der Waals surface area contributed by atoms with Gasteiger partial charge >= 0.3 is 12.3 Å². The van der Waals surface area contributed by atoms with E-state index in [0.717, 1.165) is 0 Å². The second-order valence-electron chi connectivity index (χ2n) is 4.12. The minimum Gasteiger partial charge on any atom is -0.464 e. The Morgan fingerprint density at radius 2 is 1.86 bits per heavy atom. The minimum atomic E-state index is -4.74. The van der Waals surface area contributed by atoms with Crippen molar-refractivity contribution in [2.75, 3.05) is 7.11 Å². The van der Waals surface area contributed by atoms with E-state index in [1.54, 1.807) is 6.92 Å². The van der Waals surface area contributed by atoms with Gasteiger partial charge in [-0.3, -0.25) is 0 Å². The van der Waals surface area contributed by atoms with Gasteiger partial charge in [0.2, 0.25) is 0 Å². The molecule has 0 aliphatic carbocycles. The predicted octanol–water partition coefficient (Wildman–Crippen LogP) is 3.07. The zero-order valence-corrected chi connectivity index (χ0v) is 11.1. The van der Waals surface area contributed by atoms with E-state index >= 15 is 0 Å². The first-order chi connectivity index (χ1) is 9.80. The monoisotopic (exact) mass is 300 g/mol. The van der Waals surface area contributed by atoms with E-state index in [9.17, 15) is 18.0 Å². The van der Waals surface area contributed by atoms with Gasteiger partial charge in [0.05, 0.1) is 7.11 Å². The predicted molar refractivity (Wildman–Crippen MR) is 66.8 cm³/mol. The number of hydrogen-bond donors (Lipinski definition) is 1. The average molecular weight is 300 g/mol. The van der Waals surface area contributed by atoms with Gasteiger partial charge < -0.3 is 14.5 Å². The Balaban J connectivity index is 2.25. The van der Waals surface area contributed by atoms with Gasteiger partial charge in [0.25, 0.3) is 0 Å². The molecule has 0 aliphatic heterocycles. The molecule has 0 amide bonds. The number of nitrogens with one attached hydrogen (secondary N) is 1. The Bertz CT molecular complexity index is 648. The van der Waals surface area contributed by atoms with Crippen LogP contribution in [0.25, 0.3) is 11.4 Å². The Morgan fingerprint density at radius 3 is 2.38 bits per heavy atom. The van der Waals surface area contributed by atoms with Crippen LogP contribution >= 0.6 is 0 Å². The molecule has 0 fully saturated rings. The molecule has 21 heavy (non-hydrogen) atoms. The molecule has 0 unspecified atom stereocenters. The fraction of sp³-hybridized carbons (Fsp3) is 0.231. The summed E-state index contributed by atoms with van der Waals surface area (Å²) in [6.07, 6.45) is -4.74. The van der Waals surface area contributed by atoms with Crippen molar-refractivity contribution in [1.82, 2.24) is 9.97 Å². The summed E-state index contributed by atoms with van der Waals surface area (Å²) in [5.41, 5.74) is 1.15. The first kappa shape index (κ1) is 14.9. The molecule has 0 aliphatic rings. The van der Waals surface area contributed by atoms with Crippen LogP contribution in [-0.2, 0) is 4.74 Å². The van der Waals surface area contributed by atoms with Gasteiger partial charge in [-0.2, -0.15) is 0 Å². The van der Waals surface area contributed by atoms with E-state index in [0.29, 0.717) is 17.1 Å². The molecule has 0 atom stereocenters. The number of benzene rings is 1. The highest BCUT2D eigenvalue weighted by atomic mass is 19.4. The third-order valence-electron chi connectivity index (χ3n) is 2.62. The normalized spacial score (nSPS) is 11.3. The maximum absolute atomic E-state index is 12.1. The zero-order valence-electron chi connectivity index (χ0n) is 11.1. The molecule has 1 aromatic carbocycles. The molecular weight excluding hydrogens is 289 g/mol. The van der Waals surface area contributed by atoms with Crippen LogP contribution in [0.15, 0.2) is 24.3 Å². The Hall–Kier alpha value is -2.51. The number of H-pyrrole nitrogens is 1. The Kier molecular flexibility index (Phi) is 3.88. The summed E-state index contributed by atoms with van der Waals surface area (Å²) < 4.78 is 44.5. The lowest BCUT2D eigenvalue weighted by Gasteiger charge is -2.08. The number of esters is 1. The quantitative estimate of drug-likeness (QED) is 0.885. The first-order valence-electron chi connectivity index (χ1n) is 5.81. The second-order valence-corrected chi connectivity index (χ2v) is 4.12. The van der Waals surface area contributed by atoms with E-state index in [2.05, 4.69) is 19.4 Å². The molecule has 1 aromatic heterocycles. The van der Waals surface area contributed by atoms with E-state index in [4.69, 9.17) is 0 Å². The van der Waals surface area contributed by atoms with Crippen molar-refractivity contribution < 1.29 is 27.4 Å². The number of aromatic nitrogens is 2. The van der Waals surface area contributed by atoms with Crippen molar-refractivity contribution in [2.24, 2.45) is 0 Å². The van der Waals surface area contributed by atoms with Crippen LogP contribution in [0.2, 0.25) is 0 Å². The molecule has 8 heteroatoms. The van der Waals surface area contributed by atoms with Crippen molar-refractivity contribution in [3.8, 4) is 17.1 Å². The van der Waals surface area contributed by atoms with Crippen molar-refractivity contribution in [3.63, 3.8) is 0 Å². The maximum Gasteiger partial charge on any atom is 0.573 e. The number of methoxy groups -OCH3 is 1. The number of hydrogen-bond acceptors (Lipinski definition) is 4. The smallest absolute Gasteiger partial charge is 0.464 e. The fourth-order valence-electron chi connectivity index (χ4n) is 1.71. The number of aryl methyl sites for hydroxylation is 1. The SMILES string of the molecule is COC(=O)c1nc(-c2ccc(OC(F)(F)F)cc2)[nH]c1C. The standard InChI is InChI=1S/C13H11F3N2O3/c1-7-10(12(19)20-2)18-11(17-7)8-3-5-9(6-4-8)21-13(14,15)16/h3-6H,1-2H3,(H,17,18). The largest absolute Gasteiger partial charge is 0.573 e. The van der Waals surface area contributed by atoms with Crippen molar-refractivity contribution in [2.45, 2.75) is 13.3 Å². The van der Waals surface area contributed by atoms with Crippen LogP contribution in [0.4, 0.5) is 13.2 Å². The highest BCUT2D eigenvalue weighted by Crippen LogP contribution is 2.25. The van der Waals surface area contributed by atoms with Crippen LogP contribution in [0.5, 0.6) is 5.75 Å². The highest BCUT2D eigenvalue weighted by molar-refractivity contribution is 5.89. The Labute approximate surface area is 117 Å². The molecule has 0 saturated heterocycles. The summed E-state index contributed by atoms with van der Waals surface area (Å²) in [6, 6.07) is 5.14. The molecule has 0 saturated carbocycles. The number of ether oxygens (including phenoxy) is 2. The van der Waals surface area contributed by atoms with E-state index in [-0.39, 0.29) is 11.4 Å². The summed E-state index contributed by atoms with van der Waals surface area (Å²) >= 11 is 0. The first-order valence-corrected chi connectivity index (χ1v) is 5.81. The van der Waals surface area contributed by atoms with Crippen molar-refractivity contribution >= 4 is 5.97 Å². The van der Waals surface area contributed by atoms with Gasteiger partial charge in [-0.1, -0.05) is 0 Å². The van der Waals surface area contributed by atoms with Crippen molar-refractivity contribution in [3.05, 3.63) is 35.7 Å². The van der Waals surface area contributed by atoms with Gasteiger partial charge in [0.1, 0.15) is 11.6 Å². The van der Waals surface area contributed by atoms with Crippen LogP contribution in [0.1, 0.15) is 16.2 Å². The number of nitrogens with zero attached hydrogens (tertiary/aromatic N) is 1. The van der Waals surface area contributed by atoms with E-state index < -0.39 is 12.3 Å². The third kappa shape index (κ3) is 3.53. The number of halogens is 3. The molecule has 112 valence electrons. The number of rotatable bonds is 3. The molecule has 0 radical (unpaired) electrons. The van der Waals surface area contributed by atoms with Gasteiger partial charge in [0.15, 0.2) is 5.69 Å². The van der Waals surface area contributed by atoms with Gasteiger partial charge in [-0.15, -0.1) is 13.2 Å². The summed E-state index contributed by atoms with van der Waals surface area (Å²) in [5, 5.41) is 0. The van der Waals surface area contributed by atoms with Gasteiger partial charge in [0, 0.05) is 11.3 Å². The molecule has 0 spiro atoms. The summed E-state index contributed by atoms with van der Waals surface area (Å²) in [4.78, 5) is 18.4. The van der Waals surface area contributed by atoms with E-state index in [1.807, 2.05) is 0 Å². The zero-order chi connectivity index (χ0) is 15.6. The topological polar surface area (TPSA) is 64.2 Å². The molecular formula is C13H11F3N2O3. The number of carbonyl (C=O) groups excluding carboxylic acids is 1. The summed E-state index contributed by atoms with van der Waals surface area (Å²) in [7, 11) is 1.24. The molecule has 1 N–H and O–H groups in total.